The van der Waals surface area contributed by atoms with Crippen molar-refractivity contribution >= 4 is 45.9 Å². The molecule has 2 aromatic heterocycles. The Morgan fingerprint density at radius 1 is 1.05 bits per heavy atom. The van der Waals surface area contributed by atoms with E-state index in [2.05, 4.69) is 82.7 Å². The first-order valence-electron chi connectivity index (χ1n) is 12.7. The first-order chi connectivity index (χ1) is 18.0. The maximum Gasteiger partial charge on any atom is 0.229 e. The van der Waals surface area contributed by atoms with Crippen molar-refractivity contribution in [2.24, 2.45) is 0 Å². The van der Waals surface area contributed by atoms with Gasteiger partial charge in [0.15, 0.2) is 5.82 Å². The van der Waals surface area contributed by atoms with E-state index in [9.17, 15) is 0 Å². The minimum absolute atomic E-state index is 0.517. The number of hydrogen-bond donors (Lipinski definition) is 3. The fourth-order valence-electron chi connectivity index (χ4n) is 4.49. The maximum absolute atomic E-state index is 5.74. The zero-order valence-corrected chi connectivity index (χ0v) is 22.7. The van der Waals surface area contributed by atoms with Crippen LogP contribution in [0.25, 0.3) is 11.0 Å². The number of rotatable bonds is 9. The second kappa shape index (κ2) is 11.3. The normalized spacial score (nSPS) is 14.4. The van der Waals surface area contributed by atoms with Gasteiger partial charge in [-0.2, -0.15) is 4.98 Å². The van der Waals surface area contributed by atoms with Gasteiger partial charge in [0, 0.05) is 60.8 Å². The van der Waals surface area contributed by atoms with E-state index in [1.54, 1.807) is 7.11 Å². The number of ether oxygens (including phenoxy) is 1. The highest BCUT2D eigenvalue weighted by Crippen LogP contribution is 2.33. The number of benzene rings is 2. The van der Waals surface area contributed by atoms with Gasteiger partial charge >= 0.3 is 0 Å². The molecule has 0 radical (unpaired) electrons. The number of aromatic amines is 1. The number of hydrogen-bond acceptors (Lipinski definition) is 8. The van der Waals surface area contributed by atoms with E-state index >= 15 is 0 Å². The van der Waals surface area contributed by atoms with Gasteiger partial charge in [-0.05, 0) is 36.9 Å². The summed E-state index contributed by atoms with van der Waals surface area (Å²) in [6.45, 7) is 9.23. The number of likely N-dealkylation sites (N-methyl/N-ethyl adjacent to an activating group) is 1. The minimum atomic E-state index is 0.517. The van der Waals surface area contributed by atoms with Gasteiger partial charge in [-0.1, -0.05) is 32.0 Å². The molecule has 8 nitrogen and oxygen atoms in total. The minimum Gasteiger partial charge on any atom is -0.494 e. The Balaban J connectivity index is 1.37. The second-order valence-electron chi connectivity index (χ2n) is 9.56. The SMILES string of the molecule is COc1cc(N2CCN(C)CC2)ccc1Nc1nc(NCc2ccccc2SC(C)C)c2[nH]ccc2n1. The van der Waals surface area contributed by atoms with Gasteiger partial charge in [0.05, 0.1) is 18.3 Å². The molecule has 5 rings (SSSR count). The van der Waals surface area contributed by atoms with Crippen LogP contribution in [-0.4, -0.2) is 65.4 Å². The molecule has 0 bridgehead atoms. The molecule has 4 aromatic rings. The highest BCUT2D eigenvalue weighted by molar-refractivity contribution is 8.00. The summed E-state index contributed by atoms with van der Waals surface area (Å²) in [5.41, 5.74) is 4.97. The Bertz CT molecular complexity index is 1350. The summed E-state index contributed by atoms with van der Waals surface area (Å²) in [5.74, 6) is 2.04. The highest BCUT2D eigenvalue weighted by Gasteiger charge is 2.17. The largest absolute Gasteiger partial charge is 0.494 e. The average Bonchev–Trinajstić information content (AvgIpc) is 3.37. The van der Waals surface area contributed by atoms with E-state index in [0.717, 1.165) is 60.2 Å². The van der Waals surface area contributed by atoms with Crippen LogP contribution in [0.2, 0.25) is 0 Å². The van der Waals surface area contributed by atoms with Gasteiger partial charge in [0.25, 0.3) is 0 Å². The average molecular weight is 518 g/mol. The Morgan fingerprint density at radius 3 is 2.65 bits per heavy atom. The van der Waals surface area contributed by atoms with Gasteiger partial charge in [0.2, 0.25) is 5.95 Å². The fraction of sp³-hybridized carbons (Fsp3) is 0.357. The molecule has 3 N–H and O–H groups in total. The van der Waals surface area contributed by atoms with Crippen molar-refractivity contribution in [1.29, 1.82) is 0 Å². The number of anilines is 4. The zero-order chi connectivity index (χ0) is 25.8. The van der Waals surface area contributed by atoms with Crippen LogP contribution >= 0.6 is 11.8 Å². The summed E-state index contributed by atoms with van der Waals surface area (Å²) in [6, 6.07) is 16.7. The molecule has 1 saturated heterocycles. The van der Waals surface area contributed by atoms with Crippen LogP contribution in [0.1, 0.15) is 19.4 Å². The number of nitrogens with zero attached hydrogens (tertiary/aromatic N) is 4. The van der Waals surface area contributed by atoms with Crippen molar-refractivity contribution < 1.29 is 4.74 Å². The lowest BCUT2D eigenvalue weighted by molar-refractivity contribution is 0.312. The molecule has 194 valence electrons. The highest BCUT2D eigenvalue weighted by atomic mass is 32.2. The molecule has 9 heteroatoms. The molecule has 37 heavy (non-hydrogen) atoms. The number of aromatic nitrogens is 3. The van der Waals surface area contributed by atoms with E-state index in [1.165, 1.54) is 10.5 Å². The number of piperazine rings is 1. The third kappa shape index (κ3) is 5.94. The van der Waals surface area contributed by atoms with Gasteiger partial charge < -0.3 is 30.2 Å². The molecule has 0 unspecified atom stereocenters. The summed E-state index contributed by atoms with van der Waals surface area (Å²) in [6.07, 6.45) is 1.89. The van der Waals surface area contributed by atoms with Crippen LogP contribution in [0.4, 0.5) is 23.1 Å². The Morgan fingerprint density at radius 2 is 1.86 bits per heavy atom. The molecular formula is C28H35N7OS. The third-order valence-electron chi connectivity index (χ3n) is 6.49. The van der Waals surface area contributed by atoms with Crippen molar-refractivity contribution in [3.63, 3.8) is 0 Å². The van der Waals surface area contributed by atoms with E-state index in [1.807, 2.05) is 30.1 Å². The first-order valence-corrected chi connectivity index (χ1v) is 13.6. The number of H-pyrrole nitrogens is 1. The van der Waals surface area contributed by atoms with Crippen molar-refractivity contribution in [3.8, 4) is 5.75 Å². The van der Waals surface area contributed by atoms with Gasteiger partial charge in [-0.15, -0.1) is 11.8 Å². The molecule has 0 amide bonds. The van der Waals surface area contributed by atoms with Crippen molar-refractivity contribution in [1.82, 2.24) is 19.9 Å². The van der Waals surface area contributed by atoms with Crippen LogP contribution in [0.5, 0.6) is 5.75 Å². The first kappa shape index (κ1) is 25.2. The maximum atomic E-state index is 5.74. The van der Waals surface area contributed by atoms with E-state index in [-0.39, 0.29) is 0 Å². The molecule has 0 aliphatic carbocycles. The molecule has 0 saturated carbocycles. The quantitative estimate of drug-likeness (QED) is 0.249. The monoisotopic (exact) mass is 517 g/mol. The molecule has 3 heterocycles. The number of fused-ring (bicyclic) bond motifs is 1. The summed E-state index contributed by atoms with van der Waals surface area (Å²) in [5, 5.41) is 7.44. The standard InChI is InChI=1S/C28H35N7OS/c1-19(2)37-25-8-6-5-7-20(25)18-30-27-26-23(11-12-29-26)32-28(33-27)31-22-10-9-21(17-24(22)36-4)35-15-13-34(3)14-16-35/h5-12,17,19,29H,13-16,18H2,1-4H3,(H2,30,31,32,33). The fourth-order valence-corrected chi connectivity index (χ4v) is 5.45. The molecular weight excluding hydrogens is 482 g/mol. The summed E-state index contributed by atoms with van der Waals surface area (Å²) in [7, 11) is 3.86. The van der Waals surface area contributed by atoms with E-state index in [0.29, 0.717) is 17.7 Å². The summed E-state index contributed by atoms with van der Waals surface area (Å²) in [4.78, 5) is 18.9. The summed E-state index contributed by atoms with van der Waals surface area (Å²) >= 11 is 1.87. The predicted molar refractivity (Wildman–Crippen MR) is 155 cm³/mol. The van der Waals surface area contributed by atoms with E-state index < -0.39 is 0 Å². The smallest absolute Gasteiger partial charge is 0.229 e. The topological polar surface area (TPSA) is 81.3 Å². The zero-order valence-electron chi connectivity index (χ0n) is 21.9. The molecule has 0 atom stereocenters. The number of methoxy groups -OCH3 is 1. The molecule has 1 aliphatic rings. The Hall–Kier alpha value is -3.43. The lowest BCUT2D eigenvalue weighted by Crippen LogP contribution is -2.44. The van der Waals surface area contributed by atoms with Crippen LogP contribution < -0.4 is 20.3 Å². The lowest BCUT2D eigenvalue weighted by Gasteiger charge is -2.34. The number of thioether (sulfide) groups is 1. The van der Waals surface area contributed by atoms with Crippen LogP contribution in [0.3, 0.4) is 0 Å². The van der Waals surface area contributed by atoms with Crippen molar-refractivity contribution in [3.05, 3.63) is 60.3 Å². The van der Waals surface area contributed by atoms with Crippen LogP contribution in [-0.2, 0) is 6.54 Å². The second-order valence-corrected chi connectivity index (χ2v) is 11.2. The summed E-state index contributed by atoms with van der Waals surface area (Å²) < 4.78 is 5.74. The van der Waals surface area contributed by atoms with Gasteiger partial charge in [0.1, 0.15) is 11.3 Å². The predicted octanol–water partition coefficient (Wildman–Crippen LogP) is 5.57. The molecule has 2 aromatic carbocycles. The van der Waals surface area contributed by atoms with Gasteiger partial charge in [-0.25, -0.2) is 4.98 Å². The lowest BCUT2D eigenvalue weighted by atomic mass is 10.2. The number of nitrogens with one attached hydrogen (secondary N) is 3. The molecule has 0 spiro atoms. The Labute approximate surface area is 222 Å². The van der Waals surface area contributed by atoms with Crippen molar-refractivity contribution in [2.75, 3.05) is 55.9 Å². The molecule has 1 fully saturated rings. The molecule has 1 aliphatic heterocycles. The van der Waals surface area contributed by atoms with Crippen LogP contribution in [0, 0.1) is 0 Å². The van der Waals surface area contributed by atoms with E-state index in [4.69, 9.17) is 14.7 Å². The van der Waals surface area contributed by atoms with Crippen molar-refractivity contribution in [2.45, 2.75) is 30.5 Å². The van der Waals surface area contributed by atoms with Gasteiger partial charge in [-0.3, -0.25) is 0 Å². The Kier molecular flexibility index (Phi) is 7.71. The van der Waals surface area contributed by atoms with Crippen LogP contribution in [0.15, 0.2) is 59.6 Å². The third-order valence-corrected chi connectivity index (χ3v) is 7.61.